The molecule has 9 heteroatoms. The summed E-state index contributed by atoms with van der Waals surface area (Å²) in [6.45, 7) is 3.86. The summed E-state index contributed by atoms with van der Waals surface area (Å²) in [6, 6.07) is 17.0. The van der Waals surface area contributed by atoms with Crippen LogP contribution in [0.25, 0.3) is 6.08 Å². The minimum absolute atomic E-state index is 0.140. The fourth-order valence-corrected chi connectivity index (χ4v) is 4.41. The Labute approximate surface area is 222 Å². The Balaban J connectivity index is 1.67. The van der Waals surface area contributed by atoms with Crippen molar-refractivity contribution < 1.29 is 23.9 Å². The number of nitrogens with one attached hydrogen (secondary N) is 1. The number of rotatable bonds is 6. The smallest absolute Gasteiger partial charge is 0.335 e. The highest BCUT2D eigenvalue weighted by Crippen LogP contribution is 2.36. The molecule has 0 aliphatic carbocycles. The molecule has 0 unspecified atom stereocenters. The third-order valence-electron chi connectivity index (χ3n) is 5.67. The number of barbiturate groups is 1. The van der Waals surface area contributed by atoms with E-state index in [-0.39, 0.29) is 12.2 Å². The van der Waals surface area contributed by atoms with Crippen LogP contribution in [0.1, 0.15) is 27.8 Å². The minimum atomic E-state index is -0.810. The van der Waals surface area contributed by atoms with E-state index in [1.807, 2.05) is 26.0 Å². The lowest BCUT2D eigenvalue weighted by atomic mass is 10.0. The van der Waals surface area contributed by atoms with Gasteiger partial charge in [-0.1, -0.05) is 40.2 Å². The van der Waals surface area contributed by atoms with Gasteiger partial charge in [-0.15, -0.1) is 0 Å². The van der Waals surface area contributed by atoms with Crippen LogP contribution in [0.15, 0.2) is 64.6 Å². The largest absolute Gasteiger partial charge is 0.493 e. The Morgan fingerprint density at radius 3 is 2.41 bits per heavy atom. The number of aryl methyl sites for hydroxylation is 2. The van der Waals surface area contributed by atoms with E-state index in [2.05, 4.69) is 27.3 Å². The van der Waals surface area contributed by atoms with Crippen molar-refractivity contribution in [3.63, 3.8) is 0 Å². The van der Waals surface area contributed by atoms with Crippen molar-refractivity contribution in [2.75, 3.05) is 12.0 Å². The van der Waals surface area contributed by atoms with Crippen LogP contribution in [0, 0.1) is 25.2 Å². The molecule has 0 saturated carbocycles. The summed E-state index contributed by atoms with van der Waals surface area (Å²) in [5.74, 6) is -0.779. The first-order chi connectivity index (χ1) is 17.7. The molecule has 8 nitrogen and oxygen atoms in total. The molecule has 1 saturated heterocycles. The van der Waals surface area contributed by atoms with E-state index in [4.69, 9.17) is 9.47 Å². The van der Waals surface area contributed by atoms with Crippen LogP contribution in [-0.4, -0.2) is 25.0 Å². The Bertz CT molecular complexity index is 1490. The maximum atomic E-state index is 13.3. The van der Waals surface area contributed by atoms with Gasteiger partial charge in [0.1, 0.15) is 12.2 Å². The number of halogens is 1. The normalized spacial score (nSPS) is 14.4. The van der Waals surface area contributed by atoms with E-state index in [1.54, 1.807) is 42.5 Å². The van der Waals surface area contributed by atoms with Crippen LogP contribution in [0.4, 0.5) is 10.5 Å². The highest BCUT2D eigenvalue weighted by Gasteiger charge is 2.37. The average molecular weight is 560 g/mol. The highest BCUT2D eigenvalue weighted by molar-refractivity contribution is 9.10. The van der Waals surface area contributed by atoms with Crippen LogP contribution in [0.5, 0.6) is 11.5 Å². The summed E-state index contributed by atoms with van der Waals surface area (Å²) in [6.07, 6.45) is 1.39. The standard InChI is InChI=1S/C28H22BrN3O5/c1-16-8-17(2)10-21(9-16)32-27(34)22(26(33)31-28(32)35)11-20-12-24(36-3)25(13-23(20)29)37-15-19-7-5-4-6-18(19)14-30/h4-13H,15H2,1-3H3,(H,31,33,35)/b22-11+. The molecule has 1 aliphatic rings. The Kier molecular flexibility index (Phi) is 7.41. The maximum Gasteiger partial charge on any atom is 0.335 e. The van der Waals surface area contributed by atoms with Crippen LogP contribution in [0.3, 0.4) is 0 Å². The van der Waals surface area contributed by atoms with E-state index < -0.39 is 17.8 Å². The average Bonchev–Trinajstić information content (AvgIpc) is 2.85. The second kappa shape index (κ2) is 10.7. The van der Waals surface area contributed by atoms with Crippen molar-refractivity contribution >= 4 is 45.5 Å². The molecule has 3 aromatic carbocycles. The summed E-state index contributed by atoms with van der Waals surface area (Å²) in [4.78, 5) is 39.5. The van der Waals surface area contributed by atoms with Crippen molar-refractivity contribution in [3.05, 3.63) is 92.5 Å². The minimum Gasteiger partial charge on any atom is -0.493 e. The molecule has 0 radical (unpaired) electrons. The van der Waals surface area contributed by atoms with Gasteiger partial charge in [-0.2, -0.15) is 5.26 Å². The number of urea groups is 1. The molecule has 0 aromatic heterocycles. The molecule has 1 fully saturated rings. The summed E-state index contributed by atoms with van der Waals surface area (Å²) < 4.78 is 11.9. The maximum absolute atomic E-state index is 13.3. The summed E-state index contributed by atoms with van der Waals surface area (Å²) >= 11 is 3.47. The van der Waals surface area contributed by atoms with Crippen molar-refractivity contribution in [1.29, 1.82) is 5.26 Å². The van der Waals surface area contributed by atoms with Crippen LogP contribution >= 0.6 is 15.9 Å². The zero-order chi connectivity index (χ0) is 26.7. The highest BCUT2D eigenvalue weighted by atomic mass is 79.9. The molecule has 1 N–H and O–H groups in total. The van der Waals surface area contributed by atoms with E-state index >= 15 is 0 Å². The molecular weight excluding hydrogens is 538 g/mol. The number of ether oxygens (including phenoxy) is 2. The third kappa shape index (κ3) is 5.39. The first-order valence-electron chi connectivity index (χ1n) is 11.2. The fourth-order valence-electron chi connectivity index (χ4n) is 3.97. The quantitative estimate of drug-likeness (QED) is 0.328. The van der Waals surface area contributed by atoms with Gasteiger partial charge in [0.05, 0.1) is 24.4 Å². The molecular formula is C28H22BrN3O5. The molecule has 0 atom stereocenters. The molecule has 186 valence electrons. The zero-order valence-electron chi connectivity index (χ0n) is 20.3. The van der Waals surface area contributed by atoms with Gasteiger partial charge < -0.3 is 9.47 Å². The first-order valence-corrected chi connectivity index (χ1v) is 12.0. The molecule has 1 aliphatic heterocycles. The number of hydrogen-bond donors (Lipinski definition) is 1. The lowest BCUT2D eigenvalue weighted by Crippen LogP contribution is -2.54. The van der Waals surface area contributed by atoms with Gasteiger partial charge >= 0.3 is 6.03 Å². The number of nitriles is 1. The van der Waals surface area contributed by atoms with Crippen molar-refractivity contribution in [1.82, 2.24) is 5.32 Å². The lowest BCUT2D eigenvalue weighted by molar-refractivity contribution is -0.122. The van der Waals surface area contributed by atoms with Gasteiger partial charge in [-0.25, -0.2) is 9.69 Å². The zero-order valence-corrected chi connectivity index (χ0v) is 21.9. The van der Waals surface area contributed by atoms with E-state index in [1.165, 1.54) is 13.2 Å². The summed E-state index contributed by atoms with van der Waals surface area (Å²) in [5, 5.41) is 11.5. The number of hydrogen-bond acceptors (Lipinski definition) is 6. The molecule has 0 bridgehead atoms. The van der Waals surface area contributed by atoms with E-state index in [0.717, 1.165) is 21.6 Å². The van der Waals surface area contributed by atoms with Gasteiger partial charge in [0.2, 0.25) is 0 Å². The molecule has 1 heterocycles. The summed E-state index contributed by atoms with van der Waals surface area (Å²) in [5.41, 5.74) is 3.60. The molecule has 4 amide bonds. The van der Waals surface area contributed by atoms with Gasteiger partial charge in [0.15, 0.2) is 11.5 Å². The van der Waals surface area contributed by atoms with E-state index in [9.17, 15) is 19.6 Å². The van der Waals surface area contributed by atoms with Crippen molar-refractivity contribution in [2.24, 2.45) is 0 Å². The molecule has 0 spiro atoms. The fraction of sp³-hybridized carbons (Fsp3) is 0.143. The van der Waals surface area contributed by atoms with Gasteiger partial charge in [-0.05, 0) is 66.9 Å². The van der Waals surface area contributed by atoms with Crippen molar-refractivity contribution in [3.8, 4) is 17.6 Å². The number of imide groups is 2. The number of anilines is 1. The topological polar surface area (TPSA) is 109 Å². The number of benzene rings is 3. The number of amides is 4. The number of carbonyl (C=O) groups excluding carboxylic acids is 3. The second-order valence-corrected chi connectivity index (χ2v) is 9.24. The Hall–Kier alpha value is -4.42. The third-order valence-corrected chi connectivity index (χ3v) is 6.36. The van der Waals surface area contributed by atoms with Gasteiger partial charge in [-0.3, -0.25) is 14.9 Å². The van der Waals surface area contributed by atoms with Crippen LogP contribution < -0.4 is 19.7 Å². The monoisotopic (exact) mass is 559 g/mol. The lowest BCUT2D eigenvalue weighted by Gasteiger charge is -2.27. The predicted molar refractivity (Wildman–Crippen MR) is 141 cm³/mol. The Morgan fingerprint density at radius 1 is 1.03 bits per heavy atom. The number of carbonyl (C=O) groups is 3. The van der Waals surface area contributed by atoms with Gasteiger partial charge in [0, 0.05) is 10.0 Å². The first kappa shape index (κ1) is 25.7. The molecule has 4 rings (SSSR count). The SMILES string of the molecule is COc1cc(/C=C2\C(=O)NC(=O)N(c3cc(C)cc(C)c3)C2=O)c(Br)cc1OCc1ccccc1C#N. The summed E-state index contributed by atoms with van der Waals surface area (Å²) in [7, 11) is 1.47. The second-order valence-electron chi connectivity index (χ2n) is 8.39. The Morgan fingerprint density at radius 2 is 1.73 bits per heavy atom. The van der Waals surface area contributed by atoms with Gasteiger partial charge in [0.25, 0.3) is 11.8 Å². The predicted octanol–water partition coefficient (Wildman–Crippen LogP) is 5.19. The van der Waals surface area contributed by atoms with Crippen molar-refractivity contribution in [2.45, 2.75) is 20.5 Å². The van der Waals surface area contributed by atoms with E-state index in [0.29, 0.717) is 32.8 Å². The van der Waals surface area contributed by atoms with Crippen LogP contribution in [0.2, 0.25) is 0 Å². The van der Waals surface area contributed by atoms with Crippen LogP contribution in [-0.2, 0) is 16.2 Å². The number of methoxy groups -OCH3 is 1. The molecule has 37 heavy (non-hydrogen) atoms. The number of nitrogens with zero attached hydrogens (tertiary/aromatic N) is 2. The molecule has 3 aromatic rings.